The first kappa shape index (κ1) is 13.5. The van der Waals surface area contributed by atoms with E-state index in [2.05, 4.69) is 4.98 Å². The molecule has 1 atom stereocenters. The molecule has 5 nitrogen and oxygen atoms in total. The van der Waals surface area contributed by atoms with E-state index in [0.29, 0.717) is 18.7 Å². The van der Waals surface area contributed by atoms with Gasteiger partial charge in [0.25, 0.3) is 5.91 Å². The quantitative estimate of drug-likeness (QED) is 0.759. The number of rotatable bonds is 2. The number of amides is 1. The van der Waals surface area contributed by atoms with E-state index in [9.17, 15) is 9.59 Å². The minimum absolute atomic E-state index is 0.196. The fraction of sp³-hybridized carbons (Fsp3) is 0.500. The van der Waals surface area contributed by atoms with Gasteiger partial charge in [-0.15, -0.1) is 0 Å². The molecule has 1 fully saturated rings. The Morgan fingerprint density at radius 1 is 1.37 bits per heavy atom. The van der Waals surface area contributed by atoms with E-state index < -0.39 is 6.04 Å². The van der Waals surface area contributed by atoms with Crippen molar-refractivity contribution in [2.24, 2.45) is 0 Å². The fourth-order valence-corrected chi connectivity index (χ4v) is 2.37. The first-order chi connectivity index (χ1) is 9.13. The molecule has 0 radical (unpaired) electrons. The molecule has 1 unspecified atom stereocenters. The summed E-state index contributed by atoms with van der Waals surface area (Å²) in [7, 11) is 1.35. The van der Waals surface area contributed by atoms with E-state index in [1.165, 1.54) is 7.11 Å². The number of pyridine rings is 1. The van der Waals surface area contributed by atoms with E-state index in [0.717, 1.165) is 18.5 Å². The number of carbonyl (C=O) groups is 2. The maximum absolute atomic E-state index is 12.4. The summed E-state index contributed by atoms with van der Waals surface area (Å²) in [5, 5.41) is 0. The molecule has 2 rings (SSSR count). The Hall–Kier alpha value is -1.91. The van der Waals surface area contributed by atoms with E-state index >= 15 is 0 Å². The van der Waals surface area contributed by atoms with Crippen molar-refractivity contribution < 1.29 is 14.3 Å². The minimum Gasteiger partial charge on any atom is -0.467 e. The molecule has 1 saturated heterocycles. The van der Waals surface area contributed by atoms with Crippen molar-refractivity contribution >= 4 is 11.9 Å². The third-order valence-corrected chi connectivity index (χ3v) is 3.34. The number of aryl methyl sites for hydroxylation is 1. The molecule has 1 aliphatic rings. The van der Waals surface area contributed by atoms with E-state index in [1.807, 2.05) is 13.0 Å². The second-order valence-electron chi connectivity index (χ2n) is 4.70. The smallest absolute Gasteiger partial charge is 0.328 e. The van der Waals surface area contributed by atoms with Crippen LogP contribution in [0.1, 0.15) is 35.4 Å². The van der Waals surface area contributed by atoms with Gasteiger partial charge in [-0.05, 0) is 38.3 Å². The first-order valence-electron chi connectivity index (χ1n) is 6.46. The van der Waals surface area contributed by atoms with Crippen LogP contribution in [-0.4, -0.2) is 41.5 Å². The summed E-state index contributed by atoms with van der Waals surface area (Å²) in [5.41, 5.74) is 1.17. The monoisotopic (exact) mass is 262 g/mol. The molecule has 1 aromatic heterocycles. The predicted molar refractivity (Wildman–Crippen MR) is 69.7 cm³/mol. The zero-order chi connectivity index (χ0) is 13.8. The van der Waals surface area contributed by atoms with Crippen LogP contribution in [-0.2, 0) is 9.53 Å². The lowest BCUT2D eigenvalue weighted by molar-refractivity contribution is -0.147. The molecule has 0 spiro atoms. The standard InChI is InChI=1S/C14H18N2O3/c1-10-6-5-7-11(15-10)13(17)16-9-4-3-8-12(16)14(18)19-2/h5-7,12H,3-4,8-9H2,1-2H3. The molecule has 0 saturated carbocycles. The fourth-order valence-electron chi connectivity index (χ4n) is 2.37. The molecule has 102 valence electrons. The Kier molecular flexibility index (Phi) is 4.14. The highest BCUT2D eigenvalue weighted by molar-refractivity contribution is 5.95. The zero-order valence-electron chi connectivity index (χ0n) is 11.3. The molecule has 0 N–H and O–H groups in total. The molecule has 1 aromatic rings. The highest BCUT2D eigenvalue weighted by Crippen LogP contribution is 2.20. The minimum atomic E-state index is -0.478. The molecule has 2 heterocycles. The largest absolute Gasteiger partial charge is 0.467 e. The number of nitrogens with zero attached hydrogens (tertiary/aromatic N) is 2. The van der Waals surface area contributed by atoms with Crippen molar-refractivity contribution in [2.45, 2.75) is 32.2 Å². The lowest BCUT2D eigenvalue weighted by Gasteiger charge is -2.33. The number of hydrogen-bond acceptors (Lipinski definition) is 4. The maximum atomic E-state index is 12.4. The predicted octanol–water partition coefficient (Wildman–Crippen LogP) is 1.56. The lowest BCUT2D eigenvalue weighted by Crippen LogP contribution is -2.48. The topological polar surface area (TPSA) is 59.5 Å². The Morgan fingerprint density at radius 3 is 2.84 bits per heavy atom. The molecule has 0 aromatic carbocycles. The molecule has 1 amide bonds. The number of likely N-dealkylation sites (tertiary alicyclic amines) is 1. The van der Waals surface area contributed by atoms with Gasteiger partial charge in [0, 0.05) is 12.2 Å². The number of piperidine rings is 1. The van der Waals surface area contributed by atoms with Gasteiger partial charge in [-0.1, -0.05) is 6.07 Å². The van der Waals surface area contributed by atoms with E-state index in [-0.39, 0.29) is 11.9 Å². The van der Waals surface area contributed by atoms with Crippen LogP contribution < -0.4 is 0 Å². The number of carbonyl (C=O) groups excluding carboxylic acids is 2. The summed E-state index contributed by atoms with van der Waals surface area (Å²) in [4.78, 5) is 30.0. The SMILES string of the molecule is COC(=O)C1CCCCN1C(=O)c1cccc(C)n1. The van der Waals surface area contributed by atoms with Crippen LogP contribution >= 0.6 is 0 Å². The Bertz CT molecular complexity index is 487. The number of aromatic nitrogens is 1. The second-order valence-corrected chi connectivity index (χ2v) is 4.70. The van der Waals surface area contributed by atoms with Gasteiger partial charge in [-0.2, -0.15) is 0 Å². The molecular weight excluding hydrogens is 244 g/mol. The zero-order valence-corrected chi connectivity index (χ0v) is 11.3. The van der Waals surface area contributed by atoms with Gasteiger partial charge in [0.05, 0.1) is 7.11 Å². The maximum Gasteiger partial charge on any atom is 0.328 e. The molecule has 5 heteroatoms. The van der Waals surface area contributed by atoms with E-state index in [4.69, 9.17) is 4.74 Å². The summed E-state index contributed by atoms with van der Waals surface area (Å²) in [6.45, 7) is 2.42. The van der Waals surface area contributed by atoms with Crippen molar-refractivity contribution in [3.63, 3.8) is 0 Å². The summed E-state index contributed by atoms with van der Waals surface area (Å²) in [6.07, 6.45) is 2.50. The summed E-state index contributed by atoms with van der Waals surface area (Å²) >= 11 is 0. The van der Waals surface area contributed by atoms with Crippen LogP contribution in [0.25, 0.3) is 0 Å². The molecule has 0 aliphatic carbocycles. The average molecular weight is 262 g/mol. The molecule has 1 aliphatic heterocycles. The van der Waals surface area contributed by atoms with Crippen molar-refractivity contribution in [1.29, 1.82) is 0 Å². The average Bonchev–Trinajstić information content (AvgIpc) is 2.45. The highest BCUT2D eigenvalue weighted by atomic mass is 16.5. The molecule has 19 heavy (non-hydrogen) atoms. The highest BCUT2D eigenvalue weighted by Gasteiger charge is 2.33. The van der Waals surface area contributed by atoms with Crippen LogP contribution in [0, 0.1) is 6.92 Å². The van der Waals surface area contributed by atoms with Crippen molar-refractivity contribution in [3.05, 3.63) is 29.6 Å². The van der Waals surface area contributed by atoms with Gasteiger partial charge in [0.1, 0.15) is 11.7 Å². The van der Waals surface area contributed by atoms with Crippen LogP contribution in [0.2, 0.25) is 0 Å². The molecule has 0 bridgehead atoms. The number of esters is 1. The summed E-state index contributed by atoms with van der Waals surface area (Å²) < 4.78 is 4.78. The van der Waals surface area contributed by atoms with Gasteiger partial charge < -0.3 is 9.64 Å². The Labute approximate surface area is 112 Å². The van der Waals surface area contributed by atoms with Crippen molar-refractivity contribution in [1.82, 2.24) is 9.88 Å². The van der Waals surface area contributed by atoms with Crippen LogP contribution in [0.5, 0.6) is 0 Å². The van der Waals surface area contributed by atoms with Gasteiger partial charge in [0.2, 0.25) is 0 Å². The van der Waals surface area contributed by atoms with Gasteiger partial charge in [0.15, 0.2) is 0 Å². The first-order valence-corrected chi connectivity index (χ1v) is 6.46. The van der Waals surface area contributed by atoms with Crippen LogP contribution in [0.4, 0.5) is 0 Å². The second kappa shape index (κ2) is 5.82. The van der Waals surface area contributed by atoms with Gasteiger partial charge in [-0.25, -0.2) is 9.78 Å². The van der Waals surface area contributed by atoms with Crippen molar-refractivity contribution in [3.8, 4) is 0 Å². The number of ether oxygens (including phenoxy) is 1. The van der Waals surface area contributed by atoms with E-state index in [1.54, 1.807) is 17.0 Å². The Balaban J connectivity index is 2.22. The summed E-state index contributed by atoms with van der Waals surface area (Å²) in [6, 6.07) is 4.84. The Morgan fingerprint density at radius 2 is 2.16 bits per heavy atom. The molecular formula is C14H18N2O3. The number of hydrogen-bond donors (Lipinski definition) is 0. The van der Waals surface area contributed by atoms with Gasteiger partial charge >= 0.3 is 5.97 Å². The van der Waals surface area contributed by atoms with Crippen LogP contribution in [0.3, 0.4) is 0 Å². The van der Waals surface area contributed by atoms with Crippen LogP contribution in [0.15, 0.2) is 18.2 Å². The number of methoxy groups -OCH3 is 1. The van der Waals surface area contributed by atoms with Gasteiger partial charge in [-0.3, -0.25) is 4.79 Å². The lowest BCUT2D eigenvalue weighted by atomic mass is 10.0. The van der Waals surface area contributed by atoms with Crippen molar-refractivity contribution in [2.75, 3.05) is 13.7 Å². The third kappa shape index (κ3) is 2.92. The summed E-state index contributed by atoms with van der Waals surface area (Å²) in [5.74, 6) is -0.542. The third-order valence-electron chi connectivity index (χ3n) is 3.34. The normalized spacial score (nSPS) is 19.1.